The van der Waals surface area contributed by atoms with Crippen LogP contribution in [0.2, 0.25) is 0 Å². The molecule has 0 radical (unpaired) electrons. The van der Waals surface area contributed by atoms with Gasteiger partial charge in [-0.2, -0.15) is 29.0 Å². The van der Waals surface area contributed by atoms with Gasteiger partial charge in [0, 0.05) is 6.92 Å². The molecule has 1 aromatic carbocycles. The van der Waals surface area contributed by atoms with Crippen LogP contribution in [-0.4, -0.2) is 5.91 Å². The summed E-state index contributed by atoms with van der Waals surface area (Å²) < 4.78 is 38.3. The van der Waals surface area contributed by atoms with Crippen molar-refractivity contribution >= 4 is 17.3 Å². The Bertz CT molecular complexity index is 775. The smallest absolute Gasteiger partial charge is 0.343 e. The van der Waals surface area contributed by atoms with Crippen molar-refractivity contribution in [1.82, 2.24) is 0 Å². The molecule has 0 heterocycles. The maximum absolute atomic E-state index is 12.8. The minimum absolute atomic E-state index is 0.0338. The number of rotatable bonds is 3. The number of nitriles is 3. The molecule has 6 nitrogen and oxygen atoms in total. The highest BCUT2D eigenvalue weighted by Gasteiger charge is 2.31. The Kier molecular flexibility index (Phi) is 5.31. The van der Waals surface area contributed by atoms with Gasteiger partial charge in [0.1, 0.15) is 23.9 Å². The van der Waals surface area contributed by atoms with Gasteiger partial charge in [0.25, 0.3) is 0 Å². The summed E-state index contributed by atoms with van der Waals surface area (Å²) in [6, 6.07) is 6.84. The molecular formula is C14H8F3N5O. The standard InChI is InChI=1S/C14H8F3N5O/c1-8(23)21-11-3-2-10(14(15,16)17)4-12(11)22-13(7-20)9(5-18)6-19/h2-4,22H,1H3,(H,21,23). The first-order valence-electron chi connectivity index (χ1n) is 5.93. The lowest BCUT2D eigenvalue weighted by Crippen LogP contribution is -2.12. The van der Waals surface area contributed by atoms with E-state index in [-0.39, 0.29) is 11.4 Å². The summed E-state index contributed by atoms with van der Waals surface area (Å²) in [6.45, 7) is 1.15. The zero-order valence-corrected chi connectivity index (χ0v) is 11.6. The SMILES string of the molecule is CC(=O)Nc1ccc(C(F)(F)F)cc1NC(C#N)=C(C#N)C#N. The maximum Gasteiger partial charge on any atom is 0.416 e. The second-order valence-electron chi connectivity index (χ2n) is 4.15. The number of halogens is 3. The molecule has 2 N–H and O–H groups in total. The number of allylic oxidation sites excluding steroid dienone is 2. The molecule has 0 aliphatic heterocycles. The van der Waals surface area contributed by atoms with Crippen molar-refractivity contribution in [2.75, 3.05) is 10.6 Å². The van der Waals surface area contributed by atoms with Crippen molar-refractivity contribution in [2.45, 2.75) is 13.1 Å². The summed E-state index contributed by atoms with van der Waals surface area (Å²) in [4.78, 5) is 11.1. The fourth-order valence-corrected chi connectivity index (χ4v) is 1.54. The van der Waals surface area contributed by atoms with Crippen molar-refractivity contribution in [1.29, 1.82) is 15.8 Å². The van der Waals surface area contributed by atoms with Crippen LogP contribution in [-0.2, 0) is 11.0 Å². The van der Waals surface area contributed by atoms with E-state index in [0.717, 1.165) is 19.1 Å². The van der Waals surface area contributed by atoms with Crippen LogP contribution in [0.15, 0.2) is 29.5 Å². The number of hydrogen-bond acceptors (Lipinski definition) is 5. The molecule has 0 atom stereocenters. The van der Waals surface area contributed by atoms with Crippen LogP contribution in [0, 0.1) is 34.0 Å². The number of nitrogens with one attached hydrogen (secondary N) is 2. The lowest BCUT2D eigenvalue weighted by molar-refractivity contribution is -0.137. The van der Waals surface area contributed by atoms with Gasteiger partial charge in [-0.25, -0.2) is 0 Å². The topological polar surface area (TPSA) is 112 Å². The van der Waals surface area contributed by atoms with Gasteiger partial charge in [0.15, 0.2) is 5.57 Å². The van der Waals surface area contributed by atoms with Gasteiger partial charge < -0.3 is 10.6 Å². The predicted molar refractivity (Wildman–Crippen MR) is 73.2 cm³/mol. The van der Waals surface area contributed by atoms with Gasteiger partial charge in [-0.3, -0.25) is 4.79 Å². The lowest BCUT2D eigenvalue weighted by atomic mass is 10.1. The van der Waals surface area contributed by atoms with E-state index in [1.807, 2.05) is 0 Å². The number of anilines is 2. The summed E-state index contributed by atoms with van der Waals surface area (Å²) in [6.07, 6.45) is -4.64. The fraction of sp³-hybridized carbons (Fsp3) is 0.143. The van der Waals surface area contributed by atoms with Crippen LogP contribution in [0.25, 0.3) is 0 Å². The molecule has 0 spiro atoms. The molecular weight excluding hydrogens is 311 g/mol. The largest absolute Gasteiger partial charge is 0.416 e. The summed E-state index contributed by atoms with van der Waals surface area (Å²) in [5.41, 5.74) is -2.45. The molecule has 23 heavy (non-hydrogen) atoms. The molecule has 1 rings (SSSR count). The first-order valence-corrected chi connectivity index (χ1v) is 5.93. The van der Waals surface area contributed by atoms with E-state index in [0.29, 0.717) is 6.07 Å². The summed E-state index contributed by atoms with van der Waals surface area (Å²) in [5, 5.41) is 31.0. The maximum atomic E-state index is 12.8. The number of carbonyl (C=O) groups excluding carboxylic acids is 1. The van der Waals surface area contributed by atoms with E-state index in [9.17, 15) is 18.0 Å². The van der Waals surface area contributed by atoms with Gasteiger partial charge >= 0.3 is 6.18 Å². The quantitative estimate of drug-likeness (QED) is 0.832. The van der Waals surface area contributed by atoms with Crippen molar-refractivity contribution in [2.24, 2.45) is 0 Å². The van der Waals surface area contributed by atoms with Crippen LogP contribution in [0.4, 0.5) is 24.5 Å². The lowest BCUT2D eigenvalue weighted by Gasteiger charge is -2.15. The average Bonchev–Trinajstić information content (AvgIpc) is 2.47. The number of nitrogens with zero attached hydrogens (tertiary/aromatic N) is 3. The molecule has 9 heteroatoms. The van der Waals surface area contributed by atoms with Crippen molar-refractivity contribution in [3.05, 3.63) is 35.0 Å². The molecule has 0 saturated heterocycles. The highest BCUT2D eigenvalue weighted by atomic mass is 19.4. The van der Waals surface area contributed by atoms with E-state index in [1.54, 1.807) is 0 Å². The molecule has 0 fully saturated rings. The van der Waals surface area contributed by atoms with Gasteiger partial charge in [-0.1, -0.05) is 0 Å². The van der Waals surface area contributed by atoms with Gasteiger partial charge in [0.05, 0.1) is 16.9 Å². The first kappa shape index (κ1) is 17.5. The Balaban J connectivity index is 3.45. The number of carbonyl (C=O) groups is 1. The molecule has 116 valence electrons. The fourth-order valence-electron chi connectivity index (χ4n) is 1.54. The third kappa shape index (κ3) is 4.48. The van der Waals surface area contributed by atoms with E-state index in [1.165, 1.54) is 18.2 Å². The first-order chi connectivity index (χ1) is 10.7. The van der Waals surface area contributed by atoms with Crippen molar-refractivity contribution < 1.29 is 18.0 Å². The Labute approximate surface area is 129 Å². The minimum atomic E-state index is -4.64. The molecule has 0 aliphatic rings. The van der Waals surface area contributed by atoms with Crippen molar-refractivity contribution in [3.63, 3.8) is 0 Å². The van der Waals surface area contributed by atoms with E-state index in [4.69, 9.17) is 15.8 Å². The molecule has 0 saturated carbocycles. The molecule has 1 amide bonds. The number of alkyl halides is 3. The van der Waals surface area contributed by atoms with Crippen LogP contribution in [0.5, 0.6) is 0 Å². The van der Waals surface area contributed by atoms with Crippen molar-refractivity contribution in [3.8, 4) is 18.2 Å². The van der Waals surface area contributed by atoms with Gasteiger partial charge in [0.2, 0.25) is 5.91 Å². The monoisotopic (exact) mass is 319 g/mol. The number of amides is 1. The molecule has 0 unspecified atom stereocenters. The summed E-state index contributed by atoms with van der Waals surface area (Å²) in [7, 11) is 0. The Morgan fingerprint density at radius 2 is 1.65 bits per heavy atom. The average molecular weight is 319 g/mol. The molecule has 1 aromatic rings. The Morgan fingerprint density at radius 1 is 1.04 bits per heavy atom. The van der Waals surface area contributed by atoms with Crippen LogP contribution >= 0.6 is 0 Å². The van der Waals surface area contributed by atoms with E-state index >= 15 is 0 Å². The second kappa shape index (κ2) is 6.97. The summed E-state index contributed by atoms with van der Waals surface area (Å²) in [5.74, 6) is -0.545. The zero-order chi connectivity index (χ0) is 17.6. The van der Waals surface area contributed by atoms with Crippen LogP contribution < -0.4 is 10.6 Å². The van der Waals surface area contributed by atoms with E-state index < -0.39 is 28.9 Å². The number of benzene rings is 1. The third-order valence-corrected chi connectivity index (χ3v) is 2.50. The Morgan fingerprint density at radius 3 is 2.09 bits per heavy atom. The Hall–Kier alpha value is -3.51. The molecule has 0 bridgehead atoms. The predicted octanol–water partition coefficient (Wildman–Crippen LogP) is 2.90. The van der Waals surface area contributed by atoms with Gasteiger partial charge in [-0.05, 0) is 18.2 Å². The summed E-state index contributed by atoms with van der Waals surface area (Å²) >= 11 is 0. The highest BCUT2D eigenvalue weighted by Crippen LogP contribution is 2.34. The third-order valence-electron chi connectivity index (χ3n) is 2.50. The normalized spacial score (nSPS) is 9.78. The zero-order valence-electron chi connectivity index (χ0n) is 11.6. The highest BCUT2D eigenvalue weighted by molar-refractivity contribution is 5.93. The van der Waals surface area contributed by atoms with Crippen LogP contribution in [0.1, 0.15) is 12.5 Å². The van der Waals surface area contributed by atoms with Gasteiger partial charge in [-0.15, -0.1) is 0 Å². The van der Waals surface area contributed by atoms with E-state index in [2.05, 4.69) is 10.6 Å². The minimum Gasteiger partial charge on any atom is -0.343 e. The molecule has 0 aliphatic carbocycles. The second-order valence-corrected chi connectivity index (χ2v) is 4.15. The van der Waals surface area contributed by atoms with Crippen LogP contribution in [0.3, 0.4) is 0 Å². The number of hydrogen-bond donors (Lipinski definition) is 2. The molecule has 0 aromatic heterocycles.